The first-order valence-corrected chi connectivity index (χ1v) is 6.66. The van der Waals surface area contributed by atoms with Gasteiger partial charge >= 0.3 is 0 Å². The van der Waals surface area contributed by atoms with Gasteiger partial charge in [-0.05, 0) is 43.9 Å². The monoisotopic (exact) mass is 252 g/mol. The van der Waals surface area contributed by atoms with Crippen LogP contribution in [0.15, 0.2) is 18.2 Å². The molecule has 98 valence electrons. The van der Waals surface area contributed by atoms with E-state index in [1.54, 1.807) is 0 Å². The van der Waals surface area contributed by atoms with Crippen LogP contribution in [0.5, 0.6) is 0 Å². The first kappa shape index (κ1) is 11.9. The molecule has 1 aliphatic heterocycles. The molecule has 0 radical (unpaired) electrons. The number of halogens is 2. The van der Waals surface area contributed by atoms with Crippen LogP contribution in [0.4, 0.5) is 14.5 Å². The van der Waals surface area contributed by atoms with Gasteiger partial charge in [0, 0.05) is 25.2 Å². The standard InChI is InChI=1S/C14H18F2N2/c15-11-1-4-13(16)14(7-11)18-6-5-10(9-18)8-17-12-2-3-12/h1,4,7,10,12,17H,2-3,5-6,8-9H2. The molecular weight excluding hydrogens is 234 g/mol. The van der Waals surface area contributed by atoms with E-state index in [0.717, 1.165) is 26.1 Å². The second-order valence-electron chi connectivity index (χ2n) is 5.38. The van der Waals surface area contributed by atoms with Crippen molar-refractivity contribution in [2.45, 2.75) is 25.3 Å². The van der Waals surface area contributed by atoms with E-state index in [4.69, 9.17) is 0 Å². The molecule has 1 heterocycles. The number of rotatable bonds is 4. The van der Waals surface area contributed by atoms with Crippen molar-refractivity contribution in [3.8, 4) is 0 Å². The van der Waals surface area contributed by atoms with E-state index in [-0.39, 0.29) is 11.6 Å². The van der Waals surface area contributed by atoms with Gasteiger partial charge in [-0.2, -0.15) is 0 Å². The Labute approximate surface area is 106 Å². The molecule has 1 atom stereocenters. The summed E-state index contributed by atoms with van der Waals surface area (Å²) in [5.74, 6) is -0.147. The summed E-state index contributed by atoms with van der Waals surface area (Å²) >= 11 is 0. The van der Waals surface area contributed by atoms with Crippen LogP contribution in [0.25, 0.3) is 0 Å². The lowest BCUT2D eigenvalue weighted by Crippen LogP contribution is -2.28. The molecule has 1 aromatic rings. The van der Waals surface area contributed by atoms with Crippen LogP contribution >= 0.6 is 0 Å². The summed E-state index contributed by atoms with van der Waals surface area (Å²) in [7, 11) is 0. The Hall–Kier alpha value is -1.16. The molecule has 1 N–H and O–H groups in total. The molecule has 0 amide bonds. The maximum atomic E-state index is 13.6. The van der Waals surface area contributed by atoms with E-state index in [2.05, 4.69) is 5.32 Å². The SMILES string of the molecule is Fc1ccc(F)c(N2CCC(CNC3CC3)C2)c1. The highest BCUT2D eigenvalue weighted by atomic mass is 19.1. The minimum Gasteiger partial charge on any atom is -0.369 e. The summed E-state index contributed by atoms with van der Waals surface area (Å²) in [5.41, 5.74) is 0.406. The van der Waals surface area contributed by atoms with Crippen molar-refractivity contribution in [3.63, 3.8) is 0 Å². The maximum Gasteiger partial charge on any atom is 0.146 e. The Morgan fingerprint density at radius 1 is 1.22 bits per heavy atom. The molecule has 0 bridgehead atoms. The molecule has 1 aromatic carbocycles. The van der Waals surface area contributed by atoms with E-state index < -0.39 is 0 Å². The number of benzene rings is 1. The molecule has 0 spiro atoms. The highest BCUT2D eigenvalue weighted by Crippen LogP contribution is 2.27. The predicted octanol–water partition coefficient (Wildman–Crippen LogP) is 2.54. The summed E-state index contributed by atoms with van der Waals surface area (Å²) in [6, 6.07) is 4.39. The first-order valence-electron chi connectivity index (χ1n) is 6.66. The van der Waals surface area contributed by atoms with Crippen molar-refractivity contribution in [3.05, 3.63) is 29.8 Å². The van der Waals surface area contributed by atoms with Crippen LogP contribution in [0, 0.1) is 17.6 Å². The average Bonchev–Trinajstić information content (AvgIpc) is 3.08. The minimum atomic E-state index is -0.369. The van der Waals surface area contributed by atoms with Gasteiger partial charge in [-0.25, -0.2) is 8.78 Å². The number of anilines is 1. The van der Waals surface area contributed by atoms with Gasteiger partial charge in [0.1, 0.15) is 11.6 Å². The van der Waals surface area contributed by atoms with Crippen molar-refractivity contribution in [2.75, 3.05) is 24.5 Å². The Balaban J connectivity index is 1.61. The van der Waals surface area contributed by atoms with Crippen molar-refractivity contribution >= 4 is 5.69 Å². The van der Waals surface area contributed by atoms with Gasteiger partial charge < -0.3 is 10.2 Å². The van der Waals surface area contributed by atoms with E-state index in [0.29, 0.717) is 17.6 Å². The zero-order chi connectivity index (χ0) is 12.5. The van der Waals surface area contributed by atoms with Crippen molar-refractivity contribution < 1.29 is 8.78 Å². The first-order chi connectivity index (χ1) is 8.72. The van der Waals surface area contributed by atoms with Crippen molar-refractivity contribution in [1.29, 1.82) is 0 Å². The second kappa shape index (κ2) is 4.84. The average molecular weight is 252 g/mol. The normalized spacial score (nSPS) is 23.7. The van der Waals surface area contributed by atoms with E-state index in [1.807, 2.05) is 4.90 Å². The summed E-state index contributed by atoms with van der Waals surface area (Å²) in [4.78, 5) is 1.96. The zero-order valence-electron chi connectivity index (χ0n) is 10.3. The topological polar surface area (TPSA) is 15.3 Å². The number of hydrogen-bond donors (Lipinski definition) is 1. The maximum absolute atomic E-state index is 13.6. The molecule has 2 aliphatic rings. The van der Waals surface area contributed by atoms with Crippen molar-refractivity contribution in [2.24, 2.45) is 5.92 Å². The summed E-state index contributed by atoms with van der Waals surface area (Å²) in [5, 5.41) is 3.50. The Bertz CT molecular complexity index is 432. The molecule has 0 aromatic heterocycles. The fraction of sp³-hybridized carbons (Fsp3) is 0.571. The Morgan fingerprint density at radius 3 is 2.83 bits per heavy atom. The third-order valence-corrected chi connectivity index (χ3v) is 3.81. The summed E-state index contributed by atoms with van der Waals surface area (Å²) < 4.78 is 26.8. The van der Waals surface area contributed by atoms with Gasteiger partial charge in [0.2, 0.25) is 0 Å². The molecule has 1 unspecified atom stereocenters. The lowest BCUT2D eigenvalue weighted by molar-refractivity contribution is 0.514. The van der Waals surface area contributed by atoms with Crippen LogP contribution in [0.3, 0.4) is 0 Å². The predicted molar refractivity (Wildman–Crippen MR) is 67.7 cm³/mol. The Morgan fingerprint density at radius 2 is 2.06 bits per heavy atom. The van der Waals surface area contributed by atoms with Crippen molar-refractivity contribution in [1.82, 2.24) is 5.32 Å². The lowest BCUT2D eigenvalue weighted by Gasteiger charge is -2.19. The number of nitrogens with zero attached hydrogens (tertiary/aromatic N) is 1. The molecule has 1 saturated heterocycles. The van der Waals surface area contributed by atoms with Gasteiger partial charge in [0.05, 0.1) is 5.69 Å². The molecule has 4 heteroatoms. The quantitative estimate of drug-likeness (QED) is 0.886. The second-order valence-corrected chi connectivity index (χ2v) is 5.38. The van der Waals surface area contributed by atoms with Crippen LogP contribution < -0.4 is 10.2 Å². The molecule has 3 rings (SSSR count). The summed E-state index contributed by atoms with van der Waals surface area (Å²) in [6.07, 6.45) is 3.62. The van der Waals surface area contributed by atoms with Crippen LogP contribution in [0.1, 0.15) is 19.3 Å². The van der Waals surface area contributed by atoms with Crippen LogP contribution in [-0.2, 0) is 0 Å². The molecular formula is C14H18F2N2. The molecule has 2 nitrogen and oxygen atoms in total. The number of hydrogen-bond acceptors (Lipinski definition) is 2. The van der Waals surface area contributed by atoms with Crippen LogP contribution in [0.2, 0.25) is 0 Å². The largest absolute Gasteiger partial charge is 0.369 e. The van der Waals surface area contributed by atoms with Gasteiger partial charge in [-0.15, -0.1) is 0 Å². The molecule has 2 fully saturated rings. The third kappa shape index (κ3) is 2.64. The zero-order valence-corrected chi connectivity index (χ0v) is 10.3. The molecule has 1 saturated carbocycles. The van der Waals surface area contributed by atoms with E-state index in [1.165, 1.54) is 31.0 Å². The van der Waals surface area contributed by atoms with Gasteiger partial charge in [0.25, 0.3) is 0 Å². The highest BCUT2D eigenvalue weighted by molar-refractivity contribution is 5.48. The van der Waals surface area contributed by atoms with Gasteiger partial charge in [-0.1, -0.05) is 0 Å². The van der Waals surface area contributed by atoms with Crippen LogP contribution in [-0.4, -0.2) is 25.7 Å². The number of nitrogens with one attached hydrogen (secondary N) is 1. The van der Waals surface area contributed by atoms with E-state index in [9.17, 15) is 8.78 Å². The fourth-order valence-corrected chi connectivity index (χ4v) is 2.57. The summed E-state index contributed by atoms with van der Waals surface area (Å²) in [6.45, 7) is 2.63. The smallest absolute Gasteiger partial charge is 0.146 e. The third-order valence-electron chi connectivity index (χ3n) is 3.81. The minimum absolute atomic E-state index is 0.327. The fourth-order valence-electron chi connectivity index (χ4n) is 2.57. The molecule has 18 heavy (non-hydrogen) atoms. The highest BCUT2D eigenvalue weighted by Gasteiger charge is 2.27. The van der Waals surface area contributed by atoms with E-state index >= 15 is 0 Å². The van der Waals surface area contributed by atoms with Gasteiger partial charge in [-0.3, -0.25) is 0 Å². The Kier molecular flexibility index (Phi) is 3.20. The molecule has 1 aliphatic carbocycles. The lowest BCUT2D eigenvalue weighted by atomic mass is 10.1. The van der Waals surface area contributed by atoms with Gasteiger partial charge in [0.15, 0.2) is 0 Å².